The Hall–Kier alpha value is -1.42. The predicted molar refractivity (Wildman–Crippen MR) is 76.5 cm³/mol. The smallest absolute Gasteiger partial charge is 0.142 e. The summed E-state index contributed by atoms with van der Waals surface area (Å²) in [4.78, 5) is 4.67. The monoisotopic (exact) mass is 263 g/mol. The second-order valence-electron chi connectivity index (χ2n) is 5.23. The lowest BCUT2D eigenvalue weighted by Crippen LogP contribution is -2.32. The molecule has 0 aromatic heterocycles. The Morgan fingerprint density at radius 2 is 1.95 bits per heavy atom. The minimum absolute atomic E-state index is 0.221. The number of amidine groups is 1. The van der Waals surface area contributed by atoms with Crippen molar-refractivity contribution in [2.24, 2.45) is 10.8 Å². The normalized spacial score (nSPS) is 18.2. The molecule has 1 aliphatic rings. The highest BCUT2D eigenvalue weighted by atomic mass is 19.1. The van der Waals surface area contributed by atoms with E-state index in [1.54, 1.807) is 13.0 Å². The van der Waals surface area contributed by atoms with Gasteiger partial charge in [-0.2, -0.15) is 0 Å². The molecule has 0 amide bonds. The van der Waals surface area contributed by atoms with Gasteiger partial charge < -0.3 is 5.43 Å². The predicted octanol–water partition coefficient (Wildman–Crippen LogP) is 3.07. The second-order valence-corrected chi connectivity index (χ2v) is 5.23. The zero-order valence-corrected chi connectivity index (χ0v) is 11.5. The summed E-state index contributed by atoms with van der Waals surface area (Å²) in [6.07, 6.45) is 7.20. The van der Waals surface area contributed by atoms with Crippen LogP contribution in [0.4, 0.5) is 4.39 Å². The minimum atomic E-state index is -0.221. The molecule has 1 aromatic rings. The van der Waals surface area contributed by atoms with Crippen molar-refractivity contribution in [2.75, 3.05) is 0 Å². The third-order valence-electron chi connectivity index (χ3n) is 3.72. The van der Waals surface area contributed by atoms with E-state index in [0.717, 1.165) is 18.4 Å². The molecule has 19 heavy (non-hydrogen) atoms. The summed E-state index contributed by atoms with van der Waals surface area (Å²) in [5.74, 6) is 5.91. The maximum atomic E-state index is 13.6. The van der Waals surface area contributed by atoms with Gasteiger partial charge in [0.1, 0.15) is 11.7 Å². The van der Waals surface area contributed by atoms with Crippen molar-refractivity contribution in [1.29, 1.82) is 0 Å². The quantitative estimate of drug-likeness (QED) is 0.283. The van der Waals surface area contributed by atoms with Gasteiger partial charge >= 0.3 is 0 Å². The van der Waals surface area contributed by atoms with E-state index in [-0.39, 0.29) is 5.82 Å². The Kier molecular flexibility index (Phi) is 4.91. The van der Waals surface area contributed by atoms with Crippen LogP contribution in [0, 0.1) is 12.7 Å². The molecule has 1 aliphatic carbocycles. The average molecular weight is 263 g/mol. The first-order chi connectivity index (χ1) is 9.20. The van der Waals surface area contributed by atoms with Crippen LogP contribution in [0.25, 0.3) is 0 Å². The third kappa shape index (κ3) is 3.77. The number of aryl methyl sites for hydroxylation is 1. The fourth-order valence-electron chi connectivity index (χ4n) is 2.50. The van der Waals surface area contributed by atoms with Crippen molar-refractivity contribution >= 4 is 5.84 Å². The van der Waals surface area contributed by atoms with Crippen LogP contribution in [0.3, 0.4) is 0 Å². The van der Waals surface area contributed by atoms with E-state index in [1.165, 1.54) is 31.7 Å². The molecule has 4 heteroatoms. The number of halogens is 1. The molecular formula is C15H22FN3. The van der Waals surface area contributed by atoms with Gasteiger partial charge in [0.05, 0.1) is 6.04 Å². The van der Waals surface area contributed by atoms with Crippen molar-refractivity contribution in [3.8, 4) is 0 Å². The molecule has 0 unspecified atom stereocenters. The summed E-state index contributed by atoms with van der Waals surface area (Å²) in [6.45, 7) is 1.75. The fraction of sp³-hybridized carbons (Fsp3) is 0.533. The molecule has 0 heterocycles. The first-order valence-corrected chi connectivity index (χ1v) is 7.01. The Morgan fingerprint density at radius 3 is 2.53 bits per heavy atom. The number of hydrazine groups is 1. The number of aliphatic imine (C=N–C) groups is 1. The summed E-state index contributed by atoms with van der Waals surface area (Å²) in [7, 11) is 0. The minimum Gasteiger partial charge on any atom is -0.308 e. The number of hydrogen-bond acceptors (Lipinski definition) is 2. The van der Waals surface area contributed by atoms with E-state index in [0.29, 0.717) is 17.4 Å². The molecule has 0 radical (unpaired) electrons. The van der Waals surface area contributed by atoms with Gasteiger partial charge in [-0.1, -0.05) is 37.8 Å². The molecule has 0 saturated heterocycles. The molecule has 0 atom stereocenters. The Labute approximate surface area is 114 Å². The van der Waals surface area contributed by atoms with Crippen LogP contribution < -0.4 is 11.3 Å². The van der Waals surface area contributed by atoms with Crippen LogP contribution in [0.1, 0.15) is 49.7 Å². The van der Waals surface area contributed by atoms with Gasteiger partial charge in [0, 0.05) is 5.56 Å². The summed E-state index contributed by atoms with van der Waals surface area (Å²) < 4.78 is 13.6. The zero-order valence-electron chi connectivity index (χ0n) is 11.5. The summed E-state index contributed by atoms with van der Waals surface area (Å²) in [5.41, 5.74) is 3.97. The number of rotatable bonds is 2. The van der Waals surface area contributed by atoms with Gasteiger partial charge in [-0.05, 0) is 31.4 Å². The largest absolute Gasteiger partial charge is 0.308 e. The van der Waals surface area contributed by atoms with E-state index >= 15 is 0 Å². The highest BCUT2D eigenvalue weighted by molar-refractivity contribution is 5.98. The van der Waals surface area contributed by atoms with Crippen LogP contribution in [-0.2, 0) is 0 Å². The van der Waals surface area contributed by atoms with E-state index in [4.69, 9.17) is 5.84 Å². The van der Waals surface area contributed by atoms with Crippen molar-refractivity contribution in [3.05, 3.63) is 35.1 Å². The highest BCUT2D eigenvalue weighted by Gasteiger charge is 2.13. The summed E-state index contributed by atoms with van der Waals surface area (Å²) in [6, 6.07) is 5.40. The van der Waals surface area contributed by atoms with Gasteiger partial charge in [-0.3, -0.25) is 4.99 Å². The summed E-state index contributed by atoms with van der Waals surface area (Å²) >= 11 is 0. The standard InChI is InChI=1S/C15H22FN3/c1-11-8-9-12(10-14(11)16)15(19-17)18-13-6-4-2-3-5-7-13/h8-10,13H,2-7,17H2,1H3,(H,18,19). The Morgan fingerprint density at radius 1 is 1.26 bits per heavy atom. The molecule has 104 valence electrons. The van der Waals surface area contributed by atoms with Gasteiger partial charge in [-0.15, -0.1) is 0 Å². The van der Waals surface area contributed by atoms with Crippen molar-refractivity contribution in [3.63, 3.8) is 0 Å². The number of hydrogen-bond donors (Lipinski definition) is 2. The molecule has 1 fully saturated rings. The highest BCUT2D eigenvalue weighted by Crippen LogP contribution is 2.20. The molecule has 1 saturated carbocycles. The molecule has 2 rings (SSSR count). The first-order valence-electron chi connectivity index (χ1n) is 7.01. The third-order valence-corrected chi connectivity index (χ3v) is 3.72. The molecular weight excluding hydrogens is 241 g/mol. The van der Waals surface area contributed by atoms with Crippen LogP contribution in [0.5, 0.6) is 0 Å². The Balaban J connectivity index is 2.19. The molecule has 0 spiro atoms. The van der Waals surface area contributed by atoms with Crippen LogP contribution in [-0.4, -0.2) is 11.9 Å². The van der Waals surface area contributed by atoms with Crippen molar-refractivity contribution < 1.29 is 4.39 Å². The molecule has 3 nitrogen and oxygen atoms in total. The van der Waals surface area contributed by atoms with Crippen molar-refractivity contribution in [1.82, 2.24) is 5.43 Å². The van der Waals surface area contributed by atoms with Gasteiger partial charge in [0.25, 0.3) is 0 Å². The van der Waals surface area contributed by atoms with Crippen LogP contribution >= 0.6 is 0 Å². The maximum absolute atomic E-state index is 13.6. The fourth-order valence-corrected chi connectivity index (χ4v) is 2.50. The van der Waals surface area contributed by atoms with Gasteiger partial charge in [0.2, 0.25) is 0 Å². The lowest BCUT2D eigenvalue weighted by Gasteiger charge is -2.13. The number of benzene rings is 1. The lowest BCUT2D eigenvalue weighted by molar-refractivity contribution is 0.583. The lowest BCUT2D eigenvalue weighted by atomic mass is 10.1. The SMILES string of the molecule is Cc1ccc(C(=NC2CCCCCC2)NN)cc1F. The average Bonchev–Trinajstić information content (AvgIpc) is 2.68. The van der Waals surface area contributed by atoms with E-state index in [9.17, 15) is 4.39 Å². The van der Waals surface area contributed by atoms with E-state index < -0.39 is 0 Å². The first kappa shape index (κ1) is 14.0. The van der Waals surface area contributed by atoms with Gasteiger partial charge in [0.15, 0.2) is 0 Å². The van der Waals surface area contributed by atoms with Gasteiger partial charge in [-0.25, -0.2) is 10.2 Å². The number of nitrogens with one attached hydrogen (secondary N) is 1. The molecule has 0 bridgehead atoms. The number of nitrogens with zero attached hydrogens (tertiary/aromatic N) is 1. The van der Waals surface area contributed by atoms with Crippen LogP contribution in [0.15, 0.2) is 23.2 Å². The topological polar surface area (TPSA) is 50.4 Å². The molecule has 3 N–H and O–H groups in total. The summed E-state index contributed by atoms with van der Waals surface area (Å²) in [5, 5.41) is 0. The van der Waals surface area contributed by atoms with E-state index in [2.05, 4.69) is 10.4 Å². The second kappa shape index (κ2) is 6.66. The molecule has 0 aliphatic heterocycles. The Bertz CT molecular complexity index is 449. The zero-order chi connectivity index (χ0) is 13.7. The van der Waals surface area contributed by atoms with Crippen molar-refractivity contribution in [2.45, 2.75) is 51.5 Å². The number of nitrogens with two attached hydrogens (primary N) is 1. The van der Waals surface area contributed by atoms with E-state index in [1.807, 2.05) is 6.07 Å². The maximum Gasteiger partial charge on any atom is 0.142 e. The molecule has 1 aromatic carbocycles. The van der Waals surface area contributed by atoms with Crippen LogP contribution in [0.2, 0.25) is 0 Å².